The highest BCUT2D eigenvalue weighted by Gasteiger charge is 2.12. The quantitative estimate of drug-likeness (QED) is 0.683. The highest BCUT2D eigenvalue weighted by Crippen LogP contribution is 2.05. The van der Waals surface area contributed by atoms with Crippen LogP contribution in [0.25, 0.3) is 0 Å². The van der Waals surface area contributed by atoms with Gasteiger partial charge in [-0.15, -0.1) is 0 Å². The number of carbonyl (C=O) groups is 1. The Morgan fingerprint density at radius 2 is 2.54 bits per heavy atom. The number of nitrogens with two attached hydrogens (primary N) is 1. The fraction of sp³-hybridized carbons (Fsp3) is 0.429. The van der Waals surface area contributed by atoms with Crippen LogP contribution in [0.2, 0.25) is 0 Å². The molecule has 5 nitrogen and oxygen atoms in total. The fourth-order valence-corrected chi connectivity index (χ4v) is 0.787. The molecule has 72 valence electrons. The van der Waals surface area contributed by atoms with Gasteiger partial charge in [-0.1, -0.05) is 0 Å². The zero-order chi connectivity index (χ0) is 9.84. The summed E-state index contributed by atoms with van der Waals surface area (Å²) >= 11 is 0. The second kappa shape index (κ2) is 3.88. The summed E-state index contributed by atoms with van der Waals surface area (Å²) < 4.78 is 17.5. The van der Waals surface area contributed by atoms with Gasteiger partial charge in [0.1, 0.15) is 19.1 Å². The molecule has 13 heavy (non-hydrogen) atoms. The summed E-state index contributed by atoms with van der Waals surface area (Å²) in [5, 5.41) is 3.76. The molecule has 0 spiro atoms. The first-order chi connectivity index (χ1) is 6.15. The predicted octanol–water partition coefficient (Wildman–Crippen LogP) is 0.129. The Hall–Kier alpha value is -1.59. The first kappa shape index (κ1) is 9.50. The lowest BCUT2D eigenvalue weighted by Gasteiger charge is -1.96. The summed E-state index contributed by atoms with van der Waals surface area (Å²) in [6.45, 7) is -0.955. The predicted molar refractivity (Wildman–Crippen MR) is 43.9 cm³/mol. The lowest BCUT2D eigenvalue weighted by molar-refractivity contribution is 0.0473. The zero-order valence-electron chi connectivity index (χ0n) is 7.16. The van der Waals surface area contributed by atoms with E-state index < -0.39 is 12.6 Å². The van der Waals surface area contributed by atoms with Gasteiger partial charge in [-0.2, -0.15) is 5.10 Å². The highest BCUT2D eigenvalue weighted by molar-refractivity contribution is 5.88. The van der Waals surface area contributed by atoms with Gasteiger partial charge in [0, 0.05) is 13.1 Å². The molecule has 1 aromatic rings. The van der Waals surface area contributed by atoms with Crippen LogP contribution < -0.4 is 5.73 Å². The average molecular weight is 187 g/mol. The zero-order valence-corrected chi connectivity index (χ0v) is 7.16. The summed E-state index contributed by atoms with van der Waals surface area (Å²) in [5.41, 5.74) is 5.52. The molecule has 0 aliphatic rings. The van der Waals surface area contributed by atoms with Crippen LogP contribution in [0.3, 0.4) is 0 Å². The molecule has 1 rings (SSSR count). The SMILES string of the molecule is Cn1nc(C(=O)OCCF)cc1N. The maximum absolute atomic E-state index is 11.6. The van der Waals surface area contributed by atoms with Crippen LogP contribution in [-0.2, 0) is 11.8 Å². The van der Waals surface area contributed by atoms with Crippen LogP contribution in [0, 0.1) is 0 Å². The van der Waals surface area contributed by atoms with Crippen LogP contribution in [0.5, 0.6) is 0 Å². The maximum Gasteiger partial charge on any atom is 0.359 e. The molecule has 0 saturated carbocycles. The van der Waals surface area contributed by atoms with E-state index in [4.69, 9.17) is 5.73 Å². The number of aryl methyl sites for hydroxylation is 1. The monoisotopic (exact) mass is 187 g/mol. The Kier molecular flexibility index (Phi) is 2.84. The van der Waals surface area contributed by atoms with Gasteiger partial charge in [-0.25, -0.2) is 9.18 Å². The van der Waals surface area contributed by atoms with Gasteiger partial charge in [0.15, 0.2) is 5.69 Å². The molecule has 0 aliphatic heterocycles. The third kappa shape index (κ3) is 2.17. The molecule has 0 radical (unpaired) electrons. The minimum absolute atomic E-state index is 0.0912. The summed E-state index contributed by atoms with van der Waals surface area (Å²) in [4.78, 5) is 11.0. The molecule has 1 aromatic heterocycles. The van der Waals surface area contributed by atoms with E-state index in [0.717, 1.165) is 0 Å². The summed E-state index contributed by atoms with van der Waals surface area (Å²) in [6.07, 6.45) is 0. The Bertz CT molecular complexity index is 291. The molecular formula is C7H10FN3O2. The largest absolute Gasteiger partial charge is 0.458 e. The lowest BCUT2D eigenvalue weighted by Crippen LogP contribution is -2.08. The molecule has 0 unspecified atom stereocenters. The van der Waals surface area contributed by atoms with Gasteiger partial charge in [0.05, 0.1) is 0 Å². The molecule has 0 fully saturated rings. The van der Waals surface area contributed by atoms with E-state index in [1.54, 1.807) is 7.05 Å². The first-order valence-electron chi connectivity index (χ1n) is 3.67. The van der Waals surface area contributed by atoms with Crippen molar-refractivity contribution in [3.63, 3.8) is 0 Å². The van der Waals surface area contributed by atoms with Crippen molar-refractivity contribution in [2.24, 2.45) is 7.05 Å². The van der Waals surface area contributed by atoms with Crippen molar-refractivity contribution < 1.29 is 13.9 Å². The Morgan fingerprint density at radius 1 is 1.85 bits per heavy atom. The Balaban J connectivity index is 2.66. The van der Waals surface area contributed by atoms with Crippen LogP contribution >= 0.6 is 0 Å². The van der Waals surface area contributed by atoms with Gasteiger partial charge in [0.2, 0.25) is 0 Å². The summed E-state index contributed by atoms with van der Waals surface area (Å²) in [5.74, 6) is -0.308. The third-order valence-electron chi connectivity index (χ3n) is 1.44. The van der Waals surface area contributed by atoms with Crippen molar-refractivity contribution in [2.45, 2.75) is 0 Å². The number of esters is 1. The molecule has 2 N–H and O–H groups in total. The van der Waals surface area contributed by atoms with E-state index in [0.29, 0.717) is 5.82 Å². The minimum atomic E-state index is -0.700. The maximum atomic E-state index is 11.6. The van der Waals surface area contributed by atoms with E-state index in [2.05, 4.69) is 9.84 Å². The highest BCUT2D eigenvalue weighted by atomic mass is 19.1. The molecular weight excluding hydrogens is 177 g/mol. The number of nitrogens with zero attached hydrogens (tertiary/aromatic N) is 2. The van der Waals surface area contributed by atoms with Gasteiger partial charge in [0.25, 0.3) is 0 Å². The molecule has 0 aromatic carbocycles. The molecule has 0 amide bonds. The first-order valence-corrected chi connectivity index (χ1v) is 3.67. The smallest absolute Gasteiger partial charge is 0.359 e. The van der Waals surface area contributed by atoms with E-state index in [1.807, 2.05) is 0 Å². The molecule has 0 atom stereocenters. The topological polar surface area (TPSA) is 70.1 Å². The van der Waals surface area contributed by atoms with Gasteiger partial charge in [-0.05, 0) is 0 Å². The van der Waals surface area contributed by atoms with Crippen molar-refractivity contribution in [1.82, 2.24) is 9.78 Å². The van der Waals surface area contributed by atoms with Crippen LogP contribution in [0.4, 0.5) is 10.2 Å². The number of anilines is 1. The number of aromatic nitrogens is 2. The van der Waals surface area contributed by atoms with Gasteiger partial charge >= 0.3 is 5.97 Å². The molecule has 0 saturated heterocycles. The van der Waals surface area contributed by atoms with Crippen LogP contribution in [0.1, 0.15) is 10.5 Å². The minimum Gasteiger partial charge on any atom is -0.458 e. The van der Waals surface area contributed by atoms with Crippen molar-refractivity contribution in [3.05, 3.63) is 11.8 Å². The molecule has 0 aliphatic carbocycles. The number of hydrogen-bond donors (Lipinski definition) is 1. The summed E-state index contributed by atoms with van der Waals surface area (Å²) in [6, 6.07) is 1.38. The standard InChI is InChI=1S/C7H10FN3O2/c1-11-6(9)4-5(10-11)7(12)13-3-2-8/h4H,2-3,9H2,1H3. The number of halogens is 1. The van der Waals surface area contributed by atoms with Crippen molar-refractivity contribution in [2.75, 3.05) is 19.0 Å². The van der Waals surface area contributed by atoms with Crippen LogP contribution in [-0.4, -0.2) is 29.0 Å². The van der Waals surface area contributed by atoms with Gasteiger partial charge < -0.3 is 10.5 Å². The lowest BCUT2D eigenvalue weighted by atomic mass is 10.4. The molecule has 6 heteroatoms. The number of ether oxygens (including phenoxy) is 1. The molecule has 0 bridgehead atoms. The fourth-order valence-electron chi connectivity index (χ4n) is 0.787. The van der Waals surface area contributed by atoms with E-state index in [9.17, 15) is 9.18 Å². The average Bonchev–Trinajstić information content (AvgIpc) is 2.43. The number of hydrogen-bond acceptors (Lipinski definition) is 4. The molecule has 1 heterocycles. The van der Waals surface area contributed by atoms with Crippen molar-refractivity contribution >= 4 is 11.8 Å². The van der Waals surface area contributed by atoms with E-state index >= 15 is 0 Å². The number of carbonyl (C=O) groups excluding carboxylic acids is 1. The van der Waals surface area contributed by atoms with Crippen LogP contribution in [0.15, 0.2) is 6.07 Å². The van der Waals surface area contributed by atoms with E-state index in [-0.39, 0.29) is 12.3 Å². The Morgan fingerprint density at radius 3 is 3.00 bits per heavy atom. The van der Waals surface area contributed by atoms with Crippen molar-refractivity contribution in [3.8, 4) is 0 Å². The summed E-state index contributed by atoms with van der Waals surface area (Å²) in [7, 11) is 1.60. The second-order valence-electron chi connectivity index (χ2n) is 2.40. The normalized spacial score (nSPS) is 10.0. The number of rotatable bonds is 3. The van der Waals surface area contributed by atoms with Crippen molar-refractivity contribution in [1.29, 1.82) is 0 Å². The third-order valence-corrected chi connectivity index (χ3v) is 1.44. The second-order valence-corrected chi connectivity index (χ2v) is 2.40. The number of alkyl halides is 1. The van der Waals surface area contributed by atoms with E-state index in [1.165, 1.54) is 10.7 Å². The Labute approximate surface area is 74.3 Å². The van der Waals surface area contributed by atoms with Gasteiger partial charge in [-0.3, -0.25) is 4.68 Å². The number of nitrogen functional groups attached to an aromatic ring is 1.